The Kier molecular flexibility index (Phi) is 5.93. The van der Waals surface area contributed by atoms with Gasteiger partial charge in [0.25, 0.3) is 5.88 Å². The Morgan fingerprint density at radius 2 is 1.52 bits per heavy atom. The number of hydrogen-bond acceptors (Lipinski definition) is 6. The highest BCUT2D eigenvalue weighted by Gasteiger charge is 2.08. The number of anilines is 3. The van der Waals surface area contributed by atoms with Gasteiger partial charge in [-0.2, -0.15) is 0 Å². The molecule has 6 nitrogen and oxygen atoms in total. The first-order valence-electron chi connectivity index (χ1n) is 9.41. The average molecular weight is 383 g/mol. The predicted molar refractivity (Wildman–Crippen MR) is 115 cm³/mol. The van der Waals surface area contributed by atoms with E-state index in [4.69, 9.17) is 4.74 Å². The Hall–Kier alpha value is -3.93. The standard InChI is InChI=1S/C23H21N5O/c1-2-6-18(7-3-1)13-15-25-22-23(27-17-16-26-22)29-20-11-9-19(10-12-20)28-21-8-4-5-14-24-21/h1-12,14,16-17H,13,15H2,(H,24,28)(H,25,26). The van der Waals surface area contributed by atoms with E-state index in [-0.39, 0.29) is 0 Å². The molecule has 0 atom stereocenters. The van der Waals surface area contributed by atoms with E-state index < -0.39 is 0 Å². The van der Waals surface area contributed by atoms with Crippen molar-refractivity contribution in [3.05, 3.63) is 97.0 Å². The third kappa shape index (κ3) is 5.29. The Bertz CT molecular complexity index is 1020. The maximum absolute atomic E-state index is 5.94. The van der Waals surface area contributed by atoms with E-state index in [1.165, 1.54) is 5.56 Å². The van der Waals surface area contributed by atoms with E-state index in [2.05, 4.69) is 37.7 Å². The molecule has 0 radical (unpaired) electrons. The molecule has 0 aliphatic rings. The molecule has 0 amide bonds. The summed E-state index contributed by atoms with van der Waals surface area (Å²) in [7, 11) is 0. The summed E-state index contributed by atoms with van der Waals surface area (Å²) in [6.07, 6.45) is 5.91. The van der Waals surface area contributed by atoms with Crippen molar-refractivity contribution in [2.75, 3.05) is 17.2 Å². The molecule has 0 bridgehead atoms. The van der Waals surface area contributed by atoms with Crippen LogP contribution in [-0.2, 0) is 6.42 Å². The number of benzene rings is 2. The van der Waals surface area contributed by atoms with Crippen LogP contribution in [0.4, 0.5) is 17.3 Å². The fourth-order valence-electron chi connectivity index (χ4n) is 2.79. The van der Waals surface area contributed by atoms with Gasteiger partial charge in [-0.1, -0.05) is 36.4 Å². The highest BCUT2D eigenvalue weighted by atomic mass is 16.5. The number of rotatable bonds is 8. The van der Waals surface area contributed by atoms with Gasteiger partial charge in [-0.3, -0.25) is 0 Å². The van der Waals surface area contributed by atoms with Crippen molar-refractivity contribution in [2.24, 2.45) is 0 Å². The van der Waals surface area contributed by atoms with Crippen LogP contribution in [0.3, 0.4) is 0 Å². The quantitative estimate of drug-likeness (QED) is 0.443. The summed E-state index contributed by atoms with van der Waals surface area (Å²) in [6.45, 7) is 0.742. The first-order valence-corrected chi connectivity index (χ1v) is 9.41. The fourth-order valence-corrected chi connectivity index (χ4v) is 2.79. The molecular weight excluding hydrogens is 362 g/mol. The molecule has 0 fully saturated rings. The molecule has 0 spiro atoms. The maximum Gasteiger partial charge on any atom is 0.262 e. The zero-order valence-electron chi connectivity index (χ0n) is 15.8. The first kappa shape index (κ1) is 18.4. The second kappa shape index (κ2) is 9.32. The third-order valence-corrected chi connectivity index (χ3v) is 4.22. The molecule has 2 aromatic heterocycles. The van der Waals surface area contributed by atoms with Gasteiger partial charge in [0.05, 0.1) is 0 Å². The molecule has 0 aliphatic carbocycles. The zero-order valence-corrected chi connectivity index (χ0v) is 15.8. The highest BCUT2D eigenvalue weighted by molar-refractivity contribution is 5.57. The molecule has 2 heterocycles. The summed E-state index contributed by atoms with van der Waals surface area (Å²) in [5.41, 5.74) is 2.19. The van der Waals surface area contributed by atoms with Crippen molar-refractivity contribution in [3.8, 4) is 11.6 Å². The Labute approximate surface area is 169 Å². The summed E-state index contributed by atoms with van der Waals surface area (Å²) in [6, 6.07) is 23.7. The summed E-state index contributed by atoms with van der Waals surface area (Å²) < 4.78 is 5.94. The highest BCUT2D eigenvalue weighted by Crippen LogP contribution is 2.26. The van der Waals surface area contributed by atoms with Crippen LogP contribution in [0.2, 0.25) is 0 Å². The minimum Gasteiger partial charge on any atom is -0.436 e. The molecule has 144 valence electrons. The maximum atomic E-state index is 5.94. The number of nitrogens with one attached hydrogen (secondary N) is 2. The second-order valence-corrected chi connectivity index (χ2v) is 6.34. The summed E-state index contributed by atoms with van der Waals surface area (Å²) >= 11 is 0. The summed E-state index contributed by atoms with van der Waals surface area (Å²) in [5, 5.41) is 6.55. The molecular formula is C23H21N5O. The zero-order chi connectivity index (χ0) is 19.7. The molecule has 0 saturated carbocycles. The van der Waals surface area contributed by atoms with Crippen molar-refractivity contribution in [1.82, 2.24) is 15.0 Å². The molecule has 0 saturated heterocycles. The van der Waals surface area contributed by atoms with Crippen molar-refractivity contribution in [3.63, 3.8) is 0 Å². The SMILES string of the molecule is c1ccc(CCNc2nccnc2Oc2ccc(Nc3ccccn3)cc2)cc1. The van der Waals surface area contributed by atoms with Gasteiger partial charge in [-0.05, 0) is 48.4 Å². The lowest BCUT2D eigenvalue weighted by Crippen LogP contribution is -2.08. The van der Waals surface area contributed by atoms with E-state index in [1.54, 1.807) is 18.6 Å². The smallest absolute Gasteiger partial charge is 0.262 e. The number of pyridine rings is 1. The van der Waals surface area contributed by atoms with Gasteiger partial charge in [0.15, 0.2) is 5.82 Å². The summed E-state index contributed by atoms with van der Waals surface area (Å²) in [5.74, 6) is 2.55. The largest absolute Gasteiger partial charge is 0.436 e. The van der Waals surface area contributed by atoms with Crippen molar-refractivity contribution in [2.45, 2.75) is 6.42 Å². The average Bonchev–Trinajstić information content (AvgIpc) is 2.78. The topological polar surface area (TPSA) is 72.0 Å². The van der Waals surface area contributed by atoms with E-state index in [0.29, 0.717) is 17.4 Å². The van der Waals surface area contributed by atoms with Gasteiger partial charge < -0.3 is 15.4 Å². The van der Waals surface area contributed by atoms with Crippen LogP contribution < -0.4 is 15.4 Å². The molecule has 4 rings (SSSR count). The third-order valence-electron chi connectivity index (χ3n) is 4.22. The number of nitrogens with zero attached hydrogens (tertiary/aromatic N) is 3. The van der Waals surface area contributed by atoms with Gasteiger partial charge in [0.2, 0.25) is 0 Å². The van der Waals surface area contributed by atoms with Crippen LogP contribution in [0.25, 0.3) is 0 Å². The van der Waals surface area contributed by atoms with E-state index >= 15 is 0 Å². The molecule has 0 aliphatic heterocycles. The van der Waals surface area contributed by atoms with Crippen LogP contribution in [0.5, 0.6) is 11.6 Å². The fraction of sp³-hybridized carbons (Fsp3) is 0.0870. The first-order chi connectivity index (χ1) is 14.4. The molecule has 0 unspecified atom stereocenters. The van der Waals surface area contributed by atoms with Crippen LogP contribution in [0, 0.1) is 0 Å². The monoisotopic (exact) mass is 383 g/mol. The van der Waals surface area contributed by atoms with Crippen LogP contribution in [0.1, 0.15) is 5.56 Å². The summed E-state index contributed by atoms with van der Waals surface area (Å²) in [4.78, 5) is 12.9. The molecule has 2 N–H and O–H groups in total. The van der Waals surface area contributed by atoms with Gasteiger partial charge in [-0.25, -0.2) is 15.0 Å². The lowest BCUT2D eigenvalue weighted by Gasteiger charge is -2.11. The minimum absolute atomic E-state index is 0.450. The van der Waals surface area contributed by atoms with Gasteiger partial charge in [-0.15, -0.1) is 0 Å². The van der Waals surface area contributed by atoms with Gasteiger partial charge >= 0.3 is 0 Å². The van der Waals surface area contributed by atoms with Gasteiger partial charge in [0, 0.05) is 30.8 Å². The molecule has 2 aromatic carbocycles. The van der Waals surface area contributed by atoms with E-state index in [1.807, 2.05) is 60.7 Å². The Balaban J connectivity index is 1.37. The lowest BCUT2D eigenvalue weighted by molar-refractivity contribution is 0.462. The van der Waals surface area contributed by atoms with Crippen LogP contribution >= 0.6 is 0 Å². The predicted octanol–water partition coefficient (Wildman–Crippen LogP) is 5.06. The Morgan fingerprint density at radius 3 is 2.31 bits per heavy atom. The molecule has 29 heavy (non-hydrogen) atoms. The Morgan fingerprint density at radius 1 is 0.724 bits per heavy atom. The van der Waals surface area contributed by atoms with Crippen molar-refractivity contribution in [1.29, 1.82) is 0 Å². The number of hydrogen-bond donors (Lipinski definition) is 2. The number of ether oxygens (including phenoxy) is 1. The minimum atomic E-state index is 0.450. The van der Waals surface area contributed by atoms with Gasteiger partial charge in [0.1, 0.15) is 11.6 Å². The van der Waals surface area contributed by atoms with E-state index in [9.17, 15) is 0 Å². The van der Waals surface area contributed by atoms with Crippen LogP contribution in [0.15, 0.2) is 91.4 Å². The molecule has 4 aromatic rings. The molecule has 6 heteroatoms. The van der Waals surface area contributed by atoms with Crippen molar-refractivity contribution < 1.29 is 4.74 Å². The van der Waals surface area contributed by atoms with Crippen LogP contribution in [-0.4, -0.2) is 21.5 Å². The second-order valence-electron chi connectivity index (χ2n) is 6.34. The normalized spacial score (nSPS) is 10.3. The van der Waals surface area contributed by atoms with Crippen molar-refractivity contribution >= 4 is 17.3 Å². The lowest BCUT2D eigenvalue weighted by atomic mass is 10.1. The van der Waals surface area contributed by atoms with E-state index in [0.717, 1.165) is 24.5 Å². The number of aromatic nitrogens is 3.